The maximum absolute atomic E-state index is 12.8. The van der Waals surface area contributed by atoms with Gasteiger partial charge in [-0.3, -0.25) is 0 Å². The minimum Gasteiger partial charge on any atom is -0.243 e. The zero-order valence-corrected chi connectivity index (χ0v) is 8.94. The van der Waals surface area contributed by atoms with Crippen LogP contribution in [0.1, 0.15) is 22.3 Å². The number of benzene rings is 1. The Morgan fingerprint density at radius 1 is 0.875 bits per heavy atom. The molecule has 0 fully saturated rings. The van der Waals surface area contributed by atoms with Crippen LogP contribution in [0.2, 0.25) is 0 Å². The highest BCUT2D eigenvalue weighted by Crippen LogP contribution is 2.38. The number of aryl methyl sites for hydroxylation is 2. The molecule has 0 saturated carbocycles. The van der Waals surface area contributed by atoms with Gasteiger partial charge in [-0.25, -0.2) is 4.63 Å². The minimum atomic E-state index is -4.38. The quantitative estimate of drug-likeness (QED) is 0.697. The molecule has 0 aliphatic carbocycles. The van der Waals surface area contributed by atoms with Gasteiger partial charge >= 0.3 is 6.18 Å². The summed E-state index contributed by atoms with van der Waals surface area (Å²) in [6.45, 7) is 4.39. The molecule has 1 heterocycles. The van der Waals surface area contributed by atoms with Crippen LogP contribution < -0.4 is 0 Å². The zero-order valence-electron chi connectivity index (χ0n) is 8.94. The second-order valence-corrected chi connectivity index (χ2v) is 3.71. The second-order valence-electron chi connectivity index (χ2n) is 3.71. The van der Waals surface area contributed by atoms with Gasteiger partial charge in [-0.1, -0.05) is 0 Å². The summed E-state index contributed by atoms with van der Waals surface area (Å²) < 4.78 is 43.0. The fourth-order valence-corrected chi connectivity index (χ4v) is 1.87. The van der Waals surface area contributed by atoms with E-state index < -0.39 is 11.7 Å². The van der Waals surface area contributed by atoms with Crippen molar-refractivity contribution >= 4 is 11.0 Å². The third-order valence-electron chi connectivity index (χ3n) is 2.79. The minimum absolute atomic E-state index is 0.0619. The smallest absolute Gasteiger partial charge is 0.243 e. The number of hydrogen-bond donors (Lipinski definition) is 0. The van der Waals surface area contributed by atoms with Crippen LogP contribution in [0.5, 0.6) is 0 Å². The Morgan fingerprint density at radius 2 is 1.38 bits per heavy atom. The van der Waals surface area contributed by atoms with Crippen LogP contribution in [-0.4, -0.2) is 10.3 Å². The molecule has 0 radical (unpaired) electrons. The molecule has 0 aliphatic rings. The van der Waals surface area contributed by atoms with Gasteiger partial charge in [0.1, 0.15) is 11.0 Å². The first kappa shape index (κ1) is 10.9. The van der Waals surface area contributed by atoms with Crippen LogP contribution in [-0.2, 0) is 6.18 Å². The lowest BCUT2D eigenvalue weighted by molar-refractivity contribution is -0.138. The number of halogens is 3. The average Bonchev–Trinajstić information content (AvgIpc) is 2.61. The standard InChI is InChI=1S/C10H9F3N2O/c1-4-5(2)8-9(15-16-14-8)6(3)7(4)10(11,12)13/h1-3H3. The summed E-state index contributed by atoms with van der Waals surface area (Å²) >= 11 is 0. The molecule has 1 aromatic carbocycles. The number of fused-ring (bicyclic) bond motifs is 1. The lowest BCUT2D eigenvalue weighted by atomic mass is 9.96. The van der Waals surface area contributed by atoms with E-state index in [0.717, 1.165) is 0 Å². The van der Waals surface area contributed by atoms with Gasteiger partial charge in [0.25, 0.3) is 0 Å². The van der Waals surface area contributed by atoms with E-state index in [2.05, 4.69) is 14.9 Å². The maximum Gasteiger partial charge on any atom is 0.417 e. The Labute approximate surface area is 89.2 Å². The van der Waals surface area contributed by atoms with Gasteiger partial charge in [-0.15, -0.1) is 0 Å². The van der Waals surface area contributed by atoms with E-state index in [0.29, 0.717) is 11.1 Å². The molecular weight excluding hydrogens is 221 g/mol. The first-order chi connectivity index (χ1) is 7.34. The predicted molar refractivity (Wildman–Crippen MR) is 51.0 cm³/mol. The van der Waals surface area contributed by atoms with E-state index in [1.54, 1.807) is 6.92 Å². The van der Waals surface area contributed by atoms with Gasteiger partial charge in [-0.2, -0.15) is 13.2 Å². The largest absolute Gasteiger partial charge is 0.417 e. The number of rotatable bonds is 0. The Kier molecular flexibility index (Phi) is 2.18. The molecule has 0 spiro atoms. The summed E-state index contributed by atoms with van der Waals surface area (Å²) in [6, 6.07) is 0. The Morgan fingerprint density at radius 3 is 1.88 bits per heavy atom. The van der Waals surface area contributed by atoms with Crippen molar-refractivity contribution in [1.29, 1.82) is 0 Å². The number of hydrogen-bond acceptors (Lipinski definition) is 3. The number of alkyl halides is 3. The van der Waals surface area contributed by atoms with Crippen LogP contribution in [0, 0.1) is 20.8 Å². The third kappa shape index (κ3) is 1.36. The Hall–Kier alpha value is -1.59. The van der Waals surface area contributed by atoms with Gasteiger partial charge in [0, 0.05) is 0 Å². The summed E-state index contributed by atoms with van der Waals surface area (Å²) in [6.07, 6.45) is -4.38. The molecule has 0 atom stereocenters. The van der Waals surface area contributed by atoms with Crippen molar-refractivity contribution in [3.05, 3.63) is 22.3 Å². The average molecular weight is 230 g/mol. The summed E-state index contributed by atoms with van der Waals surface area (Å²) in [4.78, 5) is 0. The van der Waals surface area contributed by atoms with Crippen molar-refractivity contribution < 1.29 is 17.8 Å². The lowest BCUT2D eigenvalue weighted by Crippen LogP contribution is -2.11. The summed E-state index contributed by atoms with van der Waals surface area (Å²) in [5.41, 5.74) is 0.612. The molecular formula is C10H9F3N2O. The highest BCUT2D eigenvalue weighted by molar-refractivity contribution is 5.83. The molecule has 3 nitrogen and oxygen atoms in total. The topological polar surface area (TPSA) is 38.9 Å². The first-order valence-corrected chi connectivity index (χ1v) is 4.63. The highest BCUT2D eigenvalue weighted by atomic mass is 19.4. The van der Waals surface area contributed by atoms with Gasteiger partial charge in [-0.05, 0) is 47.8 Å². The van der Waals surface area contributed by atoms with Crippen LogP contribution >= 0.6 is 0 Å². The van der Waals surface area contributed by atoms with Gasteiger partial charge in [0.05, 0.1) is 5.56 Å². The van der Waals surface area contributed by atoms with Crippen molar-refractivity contribution in [1.82, 2.24) is 10.3 Å². The van der Waals surface area contributed by atoms with Crippen molar-refractivity contribution in [3.8, 4) is 0 Å². The van der Waals surface area contributed by atoms with Crippen LogP contribution in [0.25, 0.3) is 11.0 Å². The lowest BCUT2D eigenvalue weighted by Gasteiger charge is -2.15. The molecule has 6 heteroatoms. The fraction of sp³-hybridized carbons (Fsp3) is 0.400. The fourth-order valence-electron chi connectivity index (χ4n) is 1.87. The third-order valence-corrected chi connectivity index (χ3v) is 2.79. The SMILES string of the molecule is Cc1c(C(F)(F)F)c(C)c2nonc2c1C. The number of nitrogens with zero attached hydrogens (tertiary/aromatic N) is 2. The van der Waals surface area contributed by atoms with Crippen LogP contribution in [0.4, 0.5) is 13.2 Å². The summed E-state index contributed by atoms with van der Waals surface area (Å²) in [5, 5.41) is 7.12. The molecule has 1 aromatic heterocycles. The van der Waals surface area contributed by atoms with Gasteiger partial charge in [0.2, 0.25) is 0 Å². The van der Waals surface area contributed by atoms with Crippen molar-refractivity contribution in [2.24, 2.45) is 0 Å². The molecule has 0 amide bonds. The molecule has 2 rings (SSSR count). The Bertz CT molecular complexity index is 557. The van der Waals surface area contributed by atoms with Crippen LogP contribution in [0.3, 0.4) is 0 Å². The molecule has 0 unspecified atom stereocenters. The molecule has 0 bridgehead atoms. The van der Waals surface area contributed by atoms with E-state index in [9.17, 15) is 13.2 Å². The molecule has 0 N–H and O–H groups in total. The maximum atomic E-state index is 12.8. The van der Waals surface area contributed by atoms with E-state index in [1.807, 2.05) is 0 Å². The predicted octanol–water partition coefficient (Wildman–Crippen LogP) is 3.17. The highest BCUT2D eigenvalue weighted by Gasteiger charge is 2.36. The van der Waals surface area contributed by atoms with Crippen LogP contribution in [0.15, 0.2) is 4.63 Å². The first-order valence-electron chi connectivity index (χ1n) is 4.63. The Balaban J connectivity index is 2.94. The van der Waals surface area contributed by atoms with Crippen molar-refractivity contribution in [2.45, 2.75) is 26.9 Å². The van der Waals surface area contributed by atoms with Gasteiger partial charge < -0.3 is 0 Å². The molecule has 86 valence electrons. The second kappa shape index (κ2) is 3.20. The number of aromatic nitrogens is 2. The van der Waals surface area contributed by atoms with E-state index in [4.69, 9.17) is 0 Å². The summed E-state index contributed by atoms with van der Waals surface area (Å²) in [5.74, 6) is 0. The molecule has 0 aliphatic heterocycles. The molecule has 0 saturated heterocycles. The van der Waals surface area contributed by atoms with E-state index in [-0.39, 0.29) is 16.6 Å². The van der Waals surface area contributed by atoms with E-state index >= 15 is 0 Å². The van der Waals surface area contributed by atoms with Crippen molar-refractivity contribution in [3.63, 3.8) is 0 Å². The normalized spacial score (nSPS) is 12.4. The van der Waals surface area contributed by atoms with Crippen molar-refractivity contribution in [2.75, 3.05) is 0 Å². The molecule has 2 aromatic rings. The molecule has 16 heavy (non-hydrogen) atoms. The summed E-state index contributed by atoms with van der Waals surface area (Å²) in [7, 11) is 0. The zero-order chi connectivity index (χ0) is 12.1. The van der Waals surface area contributed by atoms with E-state index in [1.165, 1.54) is 13.8 Å². The van der Waals surface area contributed by atoms with Gasteiger partial charge in [0.15, 0.2) is 0 Å². The monoisotopic (exact) mass is 230 g/mol.